The molecule has 2 aromatic heterocycles. The van der Waals surface area contributed by atoms with E-state index in [0.717, 1.165) is 53.7 Å². The number of nitrogens with two attached hydrogens (primary N) is 1. The topological polar surface area (TPSA) is 228 Å². The number of tetrazole rings is 1. The van der Waals surface area contributed by atoms with Gasteiger partial charge in [-0.15, -0.1) is 28.2 Å². The number of nitrogens with one attached hydrogen (secondary N) is 1. The number of fused-ring (bicyclic) bond motifs is 1. The molecule has 2 atom stereocenters. The number of carbonyl (C=O) groups is 4. The van der Waals surface area contributed by atoms with E-state index in [1.54, 1.807) is 5.38 Å². The predicted octanol–water partition coefficient (Wildman–Crippen LogP) is 0.381. The molecule has 0 bridgehead atoms. The van der Waals surface area contributed by atoms with Gasteiger partial charge in [0.25, 0.3) is 11.8 Å². The highest BCUT2D eigenvalue weighted by Gasteiger charge is 2.54. The predicted molar refractivity (Wildman–Crippen MR) is 147 cm³/mol. The highest BCUT2D eigenvalue weighted by molar-refractivity contribution is 8.01. The first kappa shape index (κ1) is 28.8. The Morgan fingerprint density at radius 3 is 2.73 bits per heavy atom. The van der Waals surface area contributed by atoms with Crippen LogP contribution in [0.5, 0.6) is 0 Å². The third-order valence-corrected chi connectivity index (χ3v) is 9.58. The van der Waals surface area contributed by atoms with E-state index in [1.165, 1.54) is 16.4 Å². The van der Waals surface area contributed by atoms with Gasteiger partial charge in [-0.25, -0.2) is 14.5 Å². The minimum atomic E-state index is -1.28. The van der Waals surface area contributed by atoms with Crippen LogP contribution in [0, 0.1) is 0 Å². The van der Waals surface area contributed by atoms with Crippen molar-refractivity contribution in [2.45, 2.75) is 61.3 Å². The van der Waals surface area contributed by atoms with Crippen LogP contribution in [0.4, 0.5) is 5.13 Å². The van der Waals surface area contributed by atoms with Crippen LogP contribution in [0.2, 0.25) is 0 Å². The molecule has 16 nitrogen and oxygen atoms in total. The lowest BCUT2D eigenvalue weighted by molar-refractivity contribution is -0.150. The van der Waals surface area contributed by atoms with Gasteiger partial charge >= 0.3 is 11.9 Å². The number of carboxylic acids is 2. The number of hydrogen-bond donors (Lipinski definition) is 4. The summed E-state index contributed by atoms with van der Waals surface area (Å²) in [5.41, 5.74) is 6.17. The molecular formula is C22H25N9O7S3. The minimum Gasteiger partial charge on any atom is -0.481 e. The Morgan fingerprint density at radius 1 is 1.27 bits per heavy atom. The number of amides is 2. The lowest BCUT2D eigenvalue weighted by Gasteiger charge is -2.49. The molecule has 5 N–H and O–H groups in total. The molecule has 0 spiro atoms. The number of hydrogen-bond acceptors (Lipinski definition) is 14. The number of aryl methyl sites for hydroxylation is 1. The van der Waals surface area contributed by atoms with E-state index in [1.807, 2.05) is 0 Å². The average molecular weight is 624 g/mol. The van der Waals surface area contributed by atoms with Crippen molar-refractivity contribution >= 4 is 69.5 Å². The van der Waals surface area contributed by atoms with Crippen molar-refractivity contribution in [1.29, 1.82) is 0 Å². The third-order valence-electron chi connectivity index (χ3n) is 6.52. The smallest absolute Gasteiger partial charge is 0.352 e. The van der Waals surface area contributed by atoms with Gasteiger partial charge in [0.15, 0.2) is 10.8 Å². The molecule has 41 heavy (non-hydrogen) atoms. The molecule has 0 aromatic carbocycles. The van der Waals surface area contributed by atoms with Gasteiger partial charge in [0, 0.05) is 16.9 Å². The van der Waals surface area contributed by atoms with Gasteiger partial charge in [-0.05, 0) is 41.7 Å². The monoisotopic (exact) mass is 623 g/mol. The SMILES string of the molecule is Nc1nc(C(=NOC2CCCC2)C(=O)NC2C(=O)N3C(C(=O)O)=C(CSc4nnnn4CCC(=O)O)CS[C@H]23)cs1. The number of oxime groups is 1. The summed E-state index contributed by atoms with van der Waals surface area (Å²) in [6.07, 6.45) is 3.40. The number of aliphatic carboxylic acids is 2. The lowest BCUT2D eigenvalue weighted by Crippen LogP contribution is -2.71. The fourth-order valence-corrected chi connectivity index (χ4v) is 7.46. The van der Waals surface area contributed by atoms with Gasteiger partial charge in [-0.1, -0.05) is 16.9 Å². The fourth-order valence-electron chi connectivity index (χ4n) is 4.52. The number of nitrogens with zero attached hydrogens (tertiary/aromatic N) is 7. The fraction of sp³-hybridized carbons (Fsp3) is 0.500. The standard InChI is InChI=1S/C22H25N9O7S3/c23-21-24-12(9-40-21)14(27-38-11-3-1-2-4-11)17(34)25-15-18(35)31-16(20(36)37)10(7-39-19(15)31)8-41-22-26-28-29-30(22)6-5-13(32)33/h9,11,15,19H,1-8H2,(H2,23,24)(H,25,34)(H,32,33)(H,36,37)/t15?,19-/m1/s1. The maximum absolute atomic E-state index is 13.3. The maximum Gasteiger partial charge on any atom is 0.352 e. The molecule has 1 saturated heterocycles. The van der Waals surface area contributed by atoms with Crippen molar-refractivity contribution in [3.8, 4) is 0 Å². The van der Waals surface area contributed by atoms with Crippen molar-refractivity contribution in [3.05, 3.63) is 22.3 Å². The van der Waals surface area contributed by atoms with E-state index in [2.05, 4.69) is 31.0 Å². The Bertz CT molecular complexity index is 1420. The summed E-state index contributed by atoms with van der Waals surface area (Å²) in [6, 6.07) is -0.980. The van der Waals surface area contributed by atoms with E-state index >= 15 is 0 Å². The highest BCUT2D eigenvalue weighted by Crippen LogP contribution is 2.41. The Labute approximate surface area is 244 Å². The Morgan fingerprint density at radius 2 is 2.05 bits per heavy atom. The molecule has 5 rings (SSSR count). The van der Waals surface area contributed by atoms with Crippen LogP contribution in [0.15, 0.2) is 27.0 Å². The van der Waals surface area contributed by atoms with Gasteiger partial charge in [0.1, 0.15) is 28.9 Å². The van der Waals surface area contributed by atoms with Gasteiger partial charge in [-0.3, -0.25) is 19.3 Å². The molecule has 4 heterocycles. The van der Waals surface area contributed by atoms with Crippen LogP contribution in [-0.4, -0.2) is 98.8 Å². The third kappa shape index (κ3) is 6.30. The average Bonchev–Trinajstić information content (AvgIpc) is 3.71. The summed E-state index contributed by atoms with van der Waals surface area (Å²) in [4.78, 5) is 60.4. The summed E-state index contributed by atoms with van der Waals surface area (Å²) in [6.45, 7) is 0.0583. The first-order valence-electron chi connectivity index (χ1n) is 12.5. The number of thiazole rings is 1. The molecule has 218 valence electrons. The molecule has 1 aliphatic carbocycles. The van der Waals surface area contributed by atoms with Crippen molar-refractivity contribution in [2.24, 2.45) is 5.16 Å². The zero-order valence-electron chi connectivity index (χ0n) is 21.3. The first-order chi connectivity index (χ1) is 19.7. The van der Waals surface area contributed by atoms with Crippen LogP contribution in [-0.2, 0) is 30.6 Å². The number of thioether (sulfide) groups is 2. The zero-order chi connectivity index (χ0) is 29.1. The Hall–Kier alpha value is -3.71. The molecule has 2 amide bonds. The van der Waals surface area contributed by atoms with Crippen LogP contribution in [0.25, 0.3) is 0 Å². The van der Waals surface area contributed by atoms with Crippen LogP contribution in [0.1, 0.15) is 37.8 Å². The molecule has 19 heteroatoms. The molecule has 1 saturated carbocycles. The molecule has 0 radical (unpaired) electrons. The van der Waals surface area contributed by atoms with E-state index in [-0.39, 0.29) is 52.8 Å². The van der Waals surface area contributed by atoms with E-state index < -0.39 is 35.2 Å². The number of nitrogen functional groups attached to an aromatic ring is 1. The van der Waals surface area contributed by atoms with E-state index in [9.17, 15) is 24.3 Å². The number of aromatic nitrogens is 5. The highest BCUT2D eigenvalue weighted by atomic mass is 32.2. The quantitative estimate of drug-likeness (QED) is 0.108. The summed E-state index contributed by atoms with van der Waals surface area (Å²) in [7, 11) is 0. The summed E-state index contributed by atoms with van der Waals surface area (Å²) >= 11 is 3.59. The van der Waals surface area contributed by atoms with E-state index in [4.69, 9.17) is 15.7 Å². The number of carboxylic acid groups (broad SMARTS) is 2. The molecule has 1 unspecified atom stereocenters. The van der Waals surface area contributed by atoms with Gasteiger partial charge in [0.2, 0.25) is 5.16 Å². The molecular weight excluding hydrogens is 598 g/mol. The number of β-lactam (4-membered cyclic amide) rings is 1. The second kappa shape index (κ2) is 12.4. The molecule has 2 fully saturated rings. The number of rotatable bonds is 12. The second-order valence-electron chi connectivity index (χ2n) is 9.26. The summed E-state index contributed by atoms with van der Waals surface area (Å²) < 4.78 is 1.32. The number of anilines is 1. The van der Waals surface area contributed by atoms with Crippen molar-refractivity contribution in [3.63, 3.8) is 0 Å². The van der Waals surface area contributed by atoms with Crippen molar-refractivity contribution in [1.82, 2.24) is 35.4 Å². The summed E-state index contributed by atoms with van der Waals surface area (Å²) in [5, 5.41) is 38.3. The zero-order valence-corrected chi connectivity index (χ0v) is 23.8. The normalized spacial score (nSPS) is 21.0. The minimum absolute atomic E-state index is 0.0583. The van der Waals surface area contributed by atoms with Gasteiger partial charge in [-0.2, -0.15) is 0 Å². The van der Waals surface area contributed by atoms with Crippen LogP contribution >= 0.6 is 34.9 Å². The molecule has 3 aliphatic rings. The van der Waals surface area contributed by atoms with Gasteiger partial charge < -0.3 is 26.1 Å². The van der Waals surface area contributed by atoms with Gasteiger partial charge in [0.05, 0.1) is 13.0 Å². The summed E-state index contributed by atoms with van der Waals surface area (Å²) in [5.74, 6) is -3.09. The maximum atomic E-state index is 13.3. The first-order valence-corrected chi connectivity index (χ1v) is 15.4. The van der Waals surface area contributed by atoms with E-state index in [0.29, 0.717) is 10.7 Å². The molecule has 2 aromatic rings. The Balaban J connectivity index is 1.28. The Kier molecular flexibility index (Phi) is 8.74. The largest absolute Gasteiger partial charge is 0.481 e. The van der Waals surface area contributed by atoms with Crippen molar-refractivity contribution < 1.29 is 34.2 Å². The number of carbonyl (C=O) groups excluding carboxylic acids is 2. The van der Waals surface area contributed by atoms with Crippen molar-refractivity contribution in [2.75, 3.05) is 17.2 Å². The van der Waals surface area contributed by atoms with Crippen LogP contribution < -0.4 is 11.1 Å². The van der Waals surface area contributed by atoms with Crippen LogP contribution in [0.3, 0.4) is 0 Å². The molecule has 2 aliphatic heterocycles. The second-order valence-corrected chi connectivity index (χ2v) is 12.2. The lowest BCUT2D eigenvalue weighted by atomic mass is 10.0.